The molecule has 222 valence electrons. The first-order valence-corrected chi connectivity index (χ1v) is 13.3. The lowest BCUT2D eigenvalue weighted by Crippen LogP contribution is -2.58. The van der Waals surface area contributed by atoms with E-state index in [4.69, 9.17) is 11.5 Å². The van der Waals surface area contributed by atoms with E-state index in [0.29, 0.717) is 5.69 Å². The number of hydrogen-bond acceptors (Lipinski definition) is 7. The second-order valence-electron chi connectivity index (χ2n) is 9.79. The van der Waals surface area contributed by atoms with Crippen molar-refractivity contribution in [1.29, 1.82) is 0 Å². The zero-order valence-electron chi connectivity index (χ0n) is 22.9. The van der Waals surface area contributed by atoms with Crippen LogP contribution >= 0.6 is 0 Å². The van der Waals surface area contributed by atoms with Crippen molar-refractivity contribution in [2.24, 2.45) is 11.5 Å². The van der Waals surface area contributed by atoms with Crippen LogP contribution in [0.25, 0.3) is 0 Å². The van der Waals surface area contributed by atoms with Crippen molar-refractivity contribution >= 4 is 29.6 Å². The minimum Gasteiger partial charge on any atom is -0.480 e. The SMILES string of the molecule is NC(=O)CCC(N)C(=O)NC(Cc1ccccc1)C(=O)NC(Cc1ccccc1)C(=O)NC(Cc1cnc[nH]1)C(=O)O. The second-order valence-corrected chi connectivity index (χ2v) is 9.79. The van der Waals surface area contributed by atoms with Gasteiger partial charge in [0.2, 0.25) is 23.6 Å². The number of nitrogens with zero attached hydrogens (tertiary/aromatic N) is 1. The summed E-state index contributed by atoms with van der Waals surface area (Å²) in [6.45, 7) is 0. The molecule has 42 heavy (non-hydrogen) atoms. The van der Waals surface area contributed by atoms with E-state index in [0.717, 1.165) is 11.1 Å². The summed E-state index contributed by atoms with van der Waals surface area (Å²) in [4.78, 5) is 69.6. The molecule has 9 N–H and O–H groups in total. The first kappa shape index (κ1) is 31.5. The summed E-state index contributed by atoms with van der Waals surface area (Å²) in [6, 6.07) is 13.1. The van der Waals surface area contributed by atoms with Gasteiger partial charge in [0, 0.05) is 37.6 Å². The van der Waals surface area contributed by atoms with E-state index in [-0.39, 0.29) is 32.1 Å². The van der Waals surface area contributed by atoms with Crippen molar-refractivity contribution in [2.75, 3.05) is 0 Å². The van der Waals surface area contributed by atoms with Gasteiger partial charge in [-0.25, -0.2) is 9.78 Å². The van der Waals surface area contributed by atoms with Gasteiger partial charge in [-0.05, 0) is 17.5 Å². The molecule has 3 aromatic rings. The minimum atomic E-state index is -1.30. The fourth-order valence-corrected chi connectivity index (χ4v) is 4.19. The first-order chi connectivity index (χ1) is 20.1. The third-order valence-corrected chi connectivity index (χ3v) is 6.46. The van der Waals surface area contributed by atoms with Gasteiger partial charge in [-0.2, -0.15) is 0 Å². The summed E-state index contributed by atoms with van der Waals surface area (Å²) in [5.41, 5.74) is 13.0. The van der Waals surface area contributed by atoms with Gasteiger partial charge in [-0.3, -0.25) is 19.2 Å². The summed E-state index contributed by atoms with van der Waals surface area (Å²) in [5.74, 6) is -3.93. The zero-order valence-corrected chi connectivity index (χ0v) is 22.9. The van der Waals surface area contributed by atoms with E-state index in [9.17, 15) is 29.1 Å². The van der Waals surface area contributed by atoms with Crippen LogP contribution in [0.4, 0.5) is 0 Å². The van der Waals surface area contributed by atoms with Gasteiger partial charge in [0.25, 0.3) is 0 Å². The highest BCUT2D eigenvalue weighted by atomic mass is 16.4. The average molecular weight is 578 g/mol. The molecule has 13 heteroatoms. The van der Waals surface area contributed by atoms with Crippen LogP contribution in [0, 0.1) is 0 Å². The van der Waals surface area contributed by atoms with Crippen molar-refractivity contribution < 1.29 is 29.1 Å². The molecular formula is C29H35N7O6. The Hall–Kier alpha value is -5.04. The number of nitrogens with one attached hydrogen (secondary N) is 4. The van der Waals surface area contributed by atoms with Crippen molar-refractivity contribution in [3.8, 4) is 0 Å². The fourth-order valence-electron chi connectivity index (χ4n) is 4.19. The van der Waals surface area contributed by atoms with Crippen LogP contribution in [0.1, 0.15) is 29.7 Å². The topological polar surface area (TPSA) is 222 Å². The molecule has 2 aromatic carbocycles. The van der Waals surface area contributed by atoms with Gasteiger partial charge in [-0.15, -0.1) is 0 Å². The monoisotopic (exact) mass is 577 g/mol. The maximum absolute atomic E-state index is 13.6. The van der Waals surface area contributed by atoms with E-state index < -0.39 is 53.8 Å². The molecule has 0 aliphatic carbocycles. The fraction of sp³-hybridized carbons (Fsp3) is 0.310. The molecule has 1 heterocycles. The Morgan fingerprint density at radius 2 is 1.26 bits per heavy atom. The number of aromatic nitrogens is 2. The highest BCUT2D eigenvalue weighted by Crippen LogP contribution is 2.09. The predicted molar refractivity (Wildman–Crippen MR) is 152 cm³/mol. The molecular weight excluding hydrogens is 542 g/mol. The molecule has 0 spiro atoms. The number of primary amides is 1. The Bertz CT molecular complexity index is 1340. The maximum Gasteiger partial charge on any atom is 0.326 e. The van der Waals surface area contributed by atoms with E-state index in [1.54, 1.807) is 60.7 Å². The highest BCUT2D eigenvalue weighted by Gasteiger charge is 2.31. The number of carbonyl (C=O) groups excluding carboxylic acids is 4. The van der Waals surface area contributed by atoms with Crippen LogP contribution in [-0.4, -0.2) is 68.8 Å². The van der Waals surface area contributed by atoms with Gasteiger partial charge in [0.05, 0.1) is 12.4 Å². The number of hydrogen-bond donors (Lipinski definition) is 7. The molecule has 4 atom stereocenters. The number of nitrogens with two attached hydrogens (primary N) is 2. The third kappa shape index (κ3) is 10.2. The quantitative estimate of drug-likeness (QED) is 0.118. The van der Waals surface area contributed by atoms with Crippen LogP contribution in [-0.2, 0) is 43.2 Å². The normalized spacial score (nSPS) is 13.6. The van der Waals surface area contributed by atoms with Gasteiger partial charge < -0.3 is 37.5 Å². The Morgan fingerprint density at radius 3 is 1.71 bits per heavy atom. The van der Waals surface area contributed by atoms with Crippen molar-refractivity contribution in [2.45, 2.75) is 56.3 Å². The summed E-state index contributed by atoms with van der Waals surface area (Å²) < 4.78 is 0. The van der Waals surface area contributed by atoms with Crippen LogP contribution in [0.5, 0.6) is 0 Å². The molecule has 0 aliphatic rings. The summed E-state index contributed by atoms with van der Waals surface area (Å²) in [6.07, 6.45) is 2.82. The number of H-pyrrole nitrogens is 1. The lowest BCUT2D eigenvalue weighted by Gasteiger charge is -2.25. The van der Waals surface area contributed by atoms with Crippen LogP contribution < -0.4 is 27.4 Å². The molecule has 4 amide bonds. The van der Waals surface area contributed by atoms with E-state index in [1.165, 1.54) is 12.5 Å². The lowest BCUT2D eigenvalue weighted by molar-refractivity contribution is -0.142. The number of carboxylic acids is 1. The Balaban J connectivity index is 1.81. The zero-order chi connectivity index (χ0) is 30.5. The molecule has 4 unspecified atom stereocenters. The first-order valence-electron chi connectivity index (χ1n) is 13.3. The van der Waals surface area contributed by atoms with E-state index >= 15 is 0 Å². The minimum absolute atomic E-state index is 0.00715. The molecule has 3 rings (SSSR count). The number of rotatable bonds is 16. The van der Waals surface area contributed by atoms with Crippen molar-refractivity contribution in [3.63, 3.8) is 0 Å². The number of carbonyl (C=O) groups is 5. The summed E-state index contributed by atoms with van der Waals surface area (Å²) in [7, 11) is 0. The second kappa shape index (κ2) is 15.7. The molecule has 0 fully saturated rings. The standard InChI is InChI=1S/C29H35N7O6/c30-21(11-12-25(31)37)26(38)34-22(13-18-7-3-1-4-8-18)27(39)35-23(14-19-9-5-2-6-10-19)28(40)36-24(29(41)42)15-20-16-32-17-33-20/h1-10,16-17,21-24H,11-15,30H2,(H2,31,37)(H,32,33)(H,34,38)(H,35,39)(H,36,40)(H,41,42). The van der Waals surface area contributed by atoms with Crippen LogP contribution in [0.2, 0.25) is 0 Å². The lowest BCUT2D eigenvalue weighted by atomic mass is 10.0. The Morgan fingerprint density at radius 1 is 0.762 bits per heavy atom. The Labute approximate surface area is 242 Å². The number of aromatic amines is 1. The summed E-state index contributed by atoms with van der Waals surface area (Å²) >= 11 is 0. The number of amides is 4. The maximum atomic E-state index is 13.6. The molecule has 0 saturated heterocycles. The van der Waals surface area contributed by atoms with Crippen molar-refractivity contribution in [3.05, 3.63) is 90.0 Å². The number of aliphatic carboxylic acids is 1. The van der Waals surface area contributed by atoms with Gasteiger partial charge in [-0.1, -0.05) is 60.7 Å². The predicted octanol–water partition coefficient (Wildman–Crippen LogP) is -0.431. The van der Waals surface area contributed by atoms with E-state index in [2.05, 4.69) is 25.9 Å². The summed E-state index contributed by atoms with van der Waals surface area (Å²) in [5, 5.41) is 17.5. The molecule has 0 radical (unpaired) electrons. The average Bonchev–Trinajstić information content (AvgIpc) is 3.49. The molecule has 0 aliphatic heterocycles. The molecule has 13 nitrogen and oxygen atoms in total. The van der Waals surface area contributed by atoms with Gasteiger partial charge in [0.1, 0.15) is 18.1 Å². The number of imidazole rings is 1. The van der Waals surface area contributed by atoms with Crippen molar-refractivity contribution in [1.82, 2.24) is 25.9 Å². The van der Waals surface area contributed by atoms with Crippen LogP contribution in [0.3, 0.4) is 0 Å². The van der Waals surface area contributed by atoms with Crippen LogP contribution in [0.15, 0.2) is 73.2 Å². The molecule has 1 aromatic heterocycles. The molecule has 0 bridgehead atoms. The van der Waals surface area contributed by atoms with Gasteiger partial charge >= 0.3 is 5.97 Å². The largest absolute Gasteiger partial charge is 0.480 e. The molecule has 0 saturated carbocycles. The van der Waals surface area contributed by atoms with Gasteiger partial charge in [0.15, 0.2) is 0 Å². The third-order valence-electron chi connectivity index (χ3n) is 6.46. The number of benzene rings is 2. The highest BCUT2D eigenvalue weighted by molar-refractivity contribution is 5.94. The number of carboxylic acid groups (broad SMARTS) is 1. The smallest absolute Gasteiger partial charge is 0.326 e. The van der Waals surface area contributed by atoms with E-state index in [1.807, 2.05) is 0 Å². The Kier molecular flexibility index (Phi) is 11.7.